The number of nitrogens with one attached hydrogen (secondary N) is 3. The Kier molecular flexibility index (Phi) is 11.2. The summed E-state index contributed by atoms with van der Waals surface area (Å²) in [6, 6.07) is 18.2. The van der Waals surface area contributed by atoms with Gasteiger partial charge in [-0.1, -0.05) is 24.3 Å². The van der Waals surface area contributed by atoms with Crippen LogP contribution in [0.1, 0.15) is 0 Å². The second kappa shape index (κ2) is 16.2. The highest BCUT2D eigenvalue weighted by molar-refractivity contribution is 7.87. The van der Waals surface area contributed by atoms with Gasteiger partial charge in [0.15, 0.2) is 0 Å². The van der Waals surface area contributed by atoms with Crippen molar-refractivity contribution in [2.45, 2.75) is 19.6 Å². The minimum atomic E-state index is -4.93. The van der Waals surface area contributed by atoms with Crippen molar-refractivity contribution in [1.29, 1.82) is 0 Å². The van der Waals surface area contributed by atoms with Crippen LogP contribution in [0.15, 0.2) is 142 Å². The molecule has 0 aliphatic carbocycles. The topological polar surface area (TPSA) is 390 Å². The molecule has 0 amide bonds. The Labute approximate surface area is 353 Å². The molecule has 0 bridgehead atoms. The number of rotatable bonds is 12. The zero-order valence-corrected chi connectivity index (χ0v) is 34.2. The first-order valence-corrected chi connectivity index (χ1v) is 22.8. The van der Waals surface area contributed by atoms with Crippen LogP contribution in [0.3, 0.4) is 0 Å². The molecular formula is C35H25N9O15S4. The van der Waals surface area contributed by atoms with Crippen LogP contribution in [0.2, 0.25) is 0 Å². The molecule has 24 nitrogen and oxygen atoms in total. The van der Waals surface area contributed by atoms with Gasteiger partial charge in [-0.25, -0.2) is 4.79 Å². The molecule has 0 spiro atoms. The Morgan fingerprint density at radius 1 is 0.476 bits per heavy atom. The summed E-state index contributed by atoms with van der Waals surface area (Å²) in [5.41, 5.74) is -1.55. The van der Waals surface area contributed by atoms with E-state index in [0.717, 1.165) is 60.7 Å². The van der Waals surface area contributed by atoms with Crippen molar-refractivity contribution >= 4 is 108 Å². The SMILES string of the molecule is O=c1nc(Nc2ccc(N=Nc3cc(S(=O)(=O)O)c4cccc(S(=O)(=O)O)c4c3)c(O)c2)nc(Nc2ccc(N=Nc3cc(S(=O)(=O)O)c4cccc(S(=O)(=O)O)c4c3)c(O)c2)[nH]1. The minimum absolute atomic E-state index is 0.122. The number of nitrogens with zero attached hydrogens (tertiary/aromatic N) is 6. The Balaban J connectivity index is 1.09. The quantitative estimate of drug-likeness (QED) is 0.0487. The average Bonchev–Trinajstić information content (AvgIpc) is 3.17. The Morgan fingerprint density at radius 3 is 1.32 bits per heavy atom. The van der Waals surface area contributed by atoms with Gasteiger partial charge in [0.25, 0.3) is 40.5 Å². The summed E-state index contributed by atoms with van der Waals surface area (Å²) in [5, 5.41) is 41.2. The van der Waals surface area contributed by atoms with Gasteiger partial charge < -0.3 is 20.8 Å². The first-order valence-electron chi connectivity index (χ1n) is 17.0. The summed E-state index contributed by atoms with van der Waals surface area (Å²) in [5.74, 6) is -1.48. The molecule has 6 aromatic carbocycles. The molecule has 0 atom stereocenters. The lowest BCUT2D eigenvalue weighted by molar-refractivity contribution is 0.476. The normalized spacial score (nSPS) is 12.7. The largest absolute Gasteiger partial charge is 0.506 e. The minimum Gasteiger partial charge on any atom is -0.506 e. The summed E-state index contributed by atoms with van der Waals surface area (Å²) in [6.45, 7) is 0. The van der Waals surface area contributed by atoms with Crippen LogP contribution >= 0.6 is 0 Å². The lowest BCUT2D eigenvalue weighted by atomic mass is 10.1. The molecule has 7 aromatic rings. The lowest BCUT2D eigenvalue weighted by Gasteiger charge is -2.10. The van der Waals surface area contributed by atoms with Crippen molar-refractivity contribution < 1.29 is 62.1 Å². The molecule has 0 aliphatic rings. The van der Waals surface area contributed by atoms with E-state index in [4.69, 9.17) is 0 Å². The van der Waals surface area contributed by atoms with E-state index in [1.165, 1.54) is 36.4 Å². The molecule has 0 fully saturated rings. The third-order valence-corrected chi connectivity index (χ3v) is 12.2. The van der Waals surface area contributed by atoms with Gasteiger partial charge in [0, 0.05) is 45.1 Å². The summed E-state index contributed by atoms with van der Waals surface area (Å²) in [7, 11) is -19.5. The fourth-order valence-electron chi connectivity index (χ4n) is 5.97. The smallest absolute Gasteiger partial charge is 0.351 e. The third-order valence-electron chi connectivity index (χ3n) is 8.58. The van der Waals surface area contributed by atoms with Gasteiger partial charge in [0.05, 0.1) is 11.4 Å². The molecule has 7 rings (SSSR count). The van der Waals surface area contributed by atoms with Gasteiger partial charge in [0.2, 0.25) is 11.9 Å². The number of H-pyrrole nitrogens is 1. The van der Waals surface area contributed by atoms with Gasteiger partial charge in [0.1, 0.15) is 42.5 Å². The third kappa shape index (κ3) is 9.77. The first-order chi connectivity index (χ1) is 29.4. The van der Waals surface area contributed by atoms with E-state index in [9.17, 15) is 66.9 Å². The highest BCUT2D eigenvalue weighted by atomic mass is 32.2. The maximum absolute atomic E-state index is 12.4. The standard InChI is InChI=1S/C35H25N9O15S4/c45-27-13-17(7-9-25(27)43-41-19-11-23-21(31(15-19)62(54,55)56)3-1-5-29(23)60(48,49)50)36-33-38-34(40-35(47)39-33)37-18-8-10-26(28(46)14-18)44-42-20-12-24-22(32(16-20)63(57,58)59)4-2-6-30(24)61(51,52)53/h1-16,45-46H,(H,48,49,50)(H,51,52,53)(H,54,55,56)(H,57,58,59)(H3,36,37,38,39,40,47). The van der Waals surface area contributed by atoms with Gasteiger partial charge in [-0.2, -0.15) is 53.9 Å². The van der Waals surface area contributed by atoms with Gasteiger partial charge in [-0.15, -0.1) is 10.2 Å². The van der Waals surface area contributed by atoms with Crippen LogP contribution in [-0.2, 0) is 40.5 Å². The monoisotopic (exact) mass is 939 g/mol. The number of aromatic amines is 1. The molecule has 0 radical (unpaired) electrons. The Hall–Kier alpha value is -7.31. The average molecular weight is 940 g/mol. The summed E-state index contributed by atoms with van der Waals surface area (Å²) < 4.78 is 135. The number of hydrogen-bond donors (Lipinski definition) is 9. The molecule has 0 saturated heterocycles. The second-order valence-corrected chi connectivity index (χ2v) is 18.4. The zero-order chi connectivity index (χ0) is 45.6. The van der Waals surface area contributed by atoms with E-state index in [2.05, 4.69) is 46.0 Å². The molecule has 1 heterocycles. The molecule has 9 N–H and O–H groups in total. The molecule has 28 heteroatoms. The number of aromatic hydroxyl groups is 2. The van der Waals surface area contributed by atoms with Gasteiger partial charge in [-0.3, -0.25) is 23.2 Å². The van der Waals surface area contributed by atoms with Crippen LogP contribution in [-0.4, -0.2) is 77.0 Å². The summed E-state index contributed by atoms with van der Waals surface area (Å²) >= 11 is 0. The fourth-order valence-corrected chi connectivity index (χ4v) is 8.82. The predicted molar refractivity (Wildman–Crippen MR) is 221 cm³/mol. The highest BCUT2D eigenvalue weighted by Gasteiger charge is 2.23. The predicted octanol–water partition coefficient (Wildman–Crippen LogP) is 6.19. The van der Waals surface area contributed by atoms with Crippen molar-refractivity contribution in [2.75, 3.05) is 10.6 Å². The Morgan fingerprint density at radius 2 is 0.905 bits per heavy atom. The van der Waals surface area contributed by atoms with E-state index in [1.54, 1.807) is 0 Å². The molecule has 63 heavy (non-hydrogen) atoms. The number of benzene rings is 6. The highest BCUT2D eigenvalue weighted by Crippen LogP contribution is 2.38. The molecule has 0 saturated carbocycles. The molecule has 1 aromatic heterocycles. The number of fused-ring (bicyclic) bond motifs is 2. The van der Waals surface area contributed by atoms with Crippen molar-refractivity contribution in [3.05, 3.63) is 108 Å². The lowest BCUT2D eigenvalue weighted by Crippen LogP contribution is -2.16. The van der Waals surface area contributed by atoms with Crippen LogP contribution < -0.4 is 16.3 Å². The zero-order valence-electron chi connectivity index (χ0n) is 30.9. The van der Waals surface area contributed by atoms with Crippen LogP contribution in [0.4, 0.5) is 46.0 Å². The number of azo groups is 2. The molecule has 324 valence electrons. The van der Waals surface area contributed by atoms with Crippen molar-refractivity contribution in [1.82, 2.24) is 15.0 Å². The van der Waals surface area contributed by atoms with E-state index < -0.39 is 77.2 Å². The Bertz CT molecular complexity index is 3410. The van der Waals surface area contributed by atoms with Crippen LogP contribution in [0.5, 0.6) is 11.5 Å². The maximum Gasteiger partial charge on any atom is 0.351 e. The number of anilines is 4. The first kappa shape index (κ1) is 43.8. The summed E-state index contributed by atoms with van der Waals surface area (Å²) in [6.07, 6.45) is 0. The maximum atomic E-state index is 12.4. The molecular weight excluding hydrogens is 915 g/mol. The number of hydrogen-bond acceptors (Lipinski definition) is 19. The van der Waals surface area contributed by atoms with Gasteiger partial charge in [-0.05, 0) is 60.7 Å². The van der Waals surface area contributed by atoms with Crippen molar-refractivity contribution in [3.8, 4) is 11.5 Å². The van der Waals surface area contributed by atoms with Gasteiger partial charge >= 0.3 is 5.69 Å². The van der Waals surface area contributed by atoms with Crippen LogP contribution in [0.25, 0.3) is 21.5 Å². The van der Waals surface area contributed by atoms with E-state index >= 15 is 0 Å². The summed E-state index contributed by atoms with van der Waals surface area (Å²) in [4.78, 5) is 19.8. The number of phenolic OH excluding ortho intramolecular Hbond substituents is 2. The van der Waals surface area contributed by atoms with E-state index in [1.807, 2.05) is 0 Å². The molecule has 0 unspecified atom stereocenters. The fraction of sp³-hybridized carbons (Fsp3) is 0. The molecule has 0 aliphatic heterocycles. The van der Waals surface area contributed by atoms with E-state index in [0.29, 0.717) is 0 Å². The second-order valence-electron chi connectivity index (χ2n) is 12.9. The number of aromatic nitrogens is 3. The van der Waals surface area contributed by atoms with Crippen molar-refractivity contribution in [3.63, 3.8) is 0 Å². The van der Waals surface area contributed by atoms with Crippen LogP contribution in [0, 0.1) is 0 Å². The van der Waals surface area contributed by atoms with Crippen molar-refractivity contribution in [2.24, 2.45) is 20.5 Å². The number of phenols is 2. The van der Waals surface area contributed by atoms with E-state index in [-0.39, 0.29) is 67.6 Å².